The fraction of sp³-hybridized carbons (Fsp3) is 0.500. The molecule has 0 bridgehead atoms. The van der Waals surface area contributed by atoms with Crippen LogP contribution in [0.4, 0.5) is 0 Å². The summed E-state index contributed by atoms with van der Waals surface area (Å²) in [6.45, 7) is 9.42. The predicted molar refractivity (Wildman–Crippen MR) is 78.4 cm³/mol. The lowest BCUT2D eigenvalue weighted by molar-refractivity contribution is 0.132. The van der Waals surface area contributed by atoms with Crippen LogP contribution in [0.2, 0.25) is 0 Å². The van der Waals surface area contributed by atoms with Crippen molar-refractivity contribution in [2.24, 2.45) is 0 Å². The summed E-state index contributed by atoms with van der Waals surface area (Å²) in [4.78, 5) is 5.06. The Balaban J connectivity index is 0.000000492. The van der Waals surface area contributed by atoms with Crippen LogP contribution in [-0.4, -0.2) is 42.5 Å². The number of nitrogens with zero attached hydrogens (tertiary/aromatic N) is 3. The smallest absolute Gasteiger partial charge is 0.130 e. The van der Waals surface area contributed by atoms with E-state index >= 15 is 0 Å². The molecule has 98 valence electrons. The predicted octanol–water partition coefficient (Wildman–Crippen LogP) is 2.22. The molecule has 4 heteroatoms. The molecule has 1 aliphatic rings. The lowest BCUT2D eigenvalue weighted by Gasteiger charge is -2.34. The van der Waals surface area contributed by atoms with Gasteiger partial charge < -0.3 is 4.90 Å². The van der Waals surface area contributed by atoms with Crippen LogP contribution in [0.25, 0.3) is 0 Å². The van der Waals surface area contributed by atoms with Crippen molar-refractivity contribution in [2.75, 3.05) is 32.7 Å². The minimum Gasteiger partial charge on any atom is -0.301 e. The zero-order chi connectivity index (χ0) is 13.2. The summed E-state index contributed by atoms with van der Waals surface area (Å²) in [5, 5.41) is 8.63. The van der Waals surface area contributed by atoms with E-state index in [2.05, 4.69) is 59.7 Å². The third kappa shape index (κ3) is 5.54. The average Bonchev–Trinajstić information content (AvgIpc) is 2.42. The fourth-order valence-electron chi connectivity index (χ4n) is 2.11. The van der Waals surface area contributed by atoms with Gasteiger partial charge in [0.15, 0.2) is 0 Å². The second-order valence-electron chi connectivity index (χ2n) is 4.30. The Kier molecular flexibility index (Phi) is 7.51. The Labute approximate surface area is 115 Å². The van der Waals surface area contributed by atoms with E-state index in [4.69, 9.17) is 5.26 Å². The Morgan fingerprint density at radius 1 is 1.11 bits per heavy atom. The molecule has 1 fully saturated rings. The molecule has 1 aromatic carbocycles. The number of rotatable bonds is 3. The first-order valence-corrected chi connectivity index (χ1v) is 6.76. The molecule has 0 atom stereocenters. The summed E-state index contributed by atoms with van der Waals surface area (Å²) in [5.41, 5.74) is 1.43. The molecule has 1 saturated heterocycles. The number of benzene rings is 1. The lowest BCUT2D eigenvalue weighted by Crippen LogP contribution is -2.45. The normalized spacial score (nSPS) is 16.5. The molecule has 0 N–H and O–H groups in total. The van der Waals surface area contributed by atoms with Crippen LogP contribution >= 0.6 is 12.6 Å². The highest BCUT2D eigenvalue weighted by Crippen LogP contribution is 2.07. The highest BCUT2D eigenvalue weighted by Gasteiger charge is 2.14. The van der Waals surface area contributed by atoms with Gasteiger partial charge in [-0.3, -0.25) is 4.90 Å². The largest absolute Gasteiger partial charge is 0.301 e. The Morgan fingerprint density at radius 3 is 2.11 bits per heavy atom. The monoisotopic (exact) mass is 263 g/mol. The molecule has 0 saturated carbocycles. The number of thiocyanates is 1. The second-order valence-corrected chi connectivity index (χ2v) is 4.50. The summed E-state index contributed by atoms with van der Waals surface area (Å²) < 4.78 is 0. The topological polar surface area (TPSA) is 30.3 Å². The van der Waals surface area contributed by atoms with Gasteiger partial charge in [-0.2, -0.15) is 5.26 Å². The second kappa shape index (κ2) is 8.98. The van der Waals surface area contributed by atoms with Crippen LogP contribution < -0.4 is 0 Å². The standard InChI is InChI=1S/C13H20N2.CHNS/c1-2-14-8-10-15(11-9-14)12-13-6-4-3-5-7-13;2-1-3/h3-7H,2,8-12H2,1H3;3H. The number of likely N-dealkylation sites (N-methyl/N-ethyl adjacent to an activating group) is 1. The molecule has 1 aromatic rings. The van der Waals surface area contributed by atoms with Crippen LogP contribution in [-0.2, 0) is 6.54 Å². The molecule has 18 heavy (non-hydrogen) atoms. The van der Waals surface area contributed by atoms with E-state index in [1.807, 2.05) is 0 Å². The molecule has 0 aromatic heterocycles. The maximum Gasteiger partial charge on any atom is 0.130 e. The Bertz CT molecular complexity index is 353. The molecule has 2 rings (SSSR count). The molecular weight excluding hydrogens is 242 g/mol. The number of nitriles is 1. The van der Waals surface area contributed by atoms with E-state index in [9.17, 15) is 0 Å². The Hall–Kier alpha value is -1.02. The quantitative estimate of drug-likeness (QED) is 0.670. The van der Waals surface area contributed by atoms with Crippen molar-refractivity contribution < 1.29 is 0 Å². The number of thiol groups is 1. The van der Waals surface area contributed by atoms with E-state index in [0.717, 1.165) is 6.54 Å². The van der Waals surface area contributed by atoms with Gasteiger partial charge in [0.1, 0.15) is 5.40 Å². The SMILES string of the molecule is CCN1CCN(Cc2ccccc2)CC1.N#CS. The first-order valence-electron chi connectivity index (χ1n) is 6.32. The minimum atomic E-state index is 1.11. The van der Waals surface area contributed by atoms with Gasteiger partial charge in [0.2, 0.25) is 0 Å². The van der Waals surface area contributed by atoms with Crippen molar-refractivity contribution in [3.63, 3.8) is 0 Å². The summed E-state index contributed by atoms with van der Waals surface area (Å²) >= 11 is 3.09. The first-order chi connectivity index (χ1) is 8.80. The van der Waals surface area contributed by atoms with E-state index in [1.165, 1.54) is 43.7 Å². The highest BCUT2D eigenvalue weighted by atomic mass is 32.1. The van der Waals surface area contributed by atoms with Crippen LogP contribution in [0.1, 0.15) is 12.5 Å². The molecule has 0 spiro atoms. The zero-order valence-electron chi connectivity index (χ0n) is 10.9. The zero-order valence-corrected chi connectivity index (χ0v) is 11.8. The summed E-state index contributed by atoms with van der Waals surface area (Å²) in [5.74, 6) is 0. The fourth-order valence-corrected chi connectivity index (χ4v) is 2.11. The number of piperazine rings is 1. The van der Waals surface area contributed by atoms with Gasteiger partial charge in [-0.05, 0) is 12.1 Å². The van der Waals surface area contributed by atoms with E-state index in [-0.39, 0.29) is 0 Å². The van der Waals surface area contributed by atoms with E-state index in [1.54, 1.807) is 0 Å². The summed E-state index contributed by atoms with van der Waals surface area (Å²) in [6, 6.07) is 10.8. The highest BCUT2D eigenvalue weighted by molar-refractivity contribution is 7.85. The average molecular weight is 263 g/mol. The maximum atomic E-state index is 7.18. The minimum absolute atomic E-state index is 1.11. The van der Waals surface area contributed by atoms with Gasteiger partial charge in [-0.25, -0.2) is 0 Å². The molecule has 1 heterocycles. The van der Waals surface area contributed by atoms with E-state index in [0.29, 0.717) is 0 Å². The van der Waals surface area contributed by atoms with Gasteiger partial charge in [0.25, 0.3) is 0 Å². The van der Waals surface area contributed by atoms with Crippen molar-refractivity contribution in [3.8, 4) is 5.40 Å². The van der Waals surface area contributed by atoms with Crippen molar-refractivity contribution in [2.45, 2.75) is 13.5 Å². The van der Waals surface area contributed by atoms with Crippen molar-refractivity contribution in [1.82, 2.24) is 9.80 Å². The molecular formula is C14H21N3S. The molecule has 0 unspecified atom stereocenters. The summed E-state index contributed by atoms with van der Waals surface area (Å²) in [6.07, 6.45) is 0. The molecule has 3 nitrogen and oxygen atoms in total. The molecule has 0 aliphatic carbocycles. The first kappa shape index (κ1) is 15.0. The van der Waals surface area contributed by atoms with Crippen molar-refractivity contribution in [1.29, 1.82) is 5.26 Å². The van der Waals surface area contributed by atoms with Crippen LogP contribution in [0.15, 0.2) is 30.3 Å². The van der Waals surface area contributed by atoms with Gasteiger partial charge in [-0.1, -0.05) is 49.9 Å². The third-order valence-corrected chi connectivity index (χ3v) is 3.16. The van der Waals surface area contributed by atoms with Crippen LogP contribution in [0.5, 0.6) is 0 Å². The van der Waals surface area contributed by atoms with Crippen molar-refractivity contribution in [3.05, 3.63) is 35.9 Å². The summed E-state index contributed by atoms with van der Waals surface area (Å²) in [7, 11) is 0. The van der Waals surface area contributed by atoms with Crippen molar-refractivity contribution >= 4 is 12.6 Å². The Morgan fingerprint density at radius 2 is 1.61 bits per heavy atom. The number of hydrogen-bond donors (Lipinski definition) is 1. The van der Waals surface area contributed by atoms with Crippen LogP contribution in [0, 0.1) is 10.7 Å². The third-order valence-electron chi connectivity index (χ3n) is 3.16. The van der Waals surface area contributed by atoms with Gasteiger partial charge in [0.05, 0.1) is 0 Å². The van der Waals surface area contributed by atoms with E-state index < -0.39 is 0 Å². The van der Waals surface area contributed by atoms with Crippen LogP contribution in [0.3, 0.4) is 0 Å². The molecule has 0 radical (unpaired) electrons. The lowest BCUT2D eigenvalue weighted by atomic mass is 10.2. The maximum absolute atomic E-state index is 7.18. The molecule has 1 aliphatic heterocycles. The number of hydrogen-bond acceptors (Lipinski definition) is 4. The van der Waals surface area contributed by atoms with Gasteiger partial charge in [-0.15, -0.1) is 0 Å². The molecule has 0 amide bonds. The van der Waals surface area contributed by atoms with Gasteiger partial charge in [0, 0.05) is 32.7 Å². The van der Waals surface area contributed by atoms with Gasteiger partial charge >= 0.3 is 0 Å².